The number of aromatic nitrogens is 3. The van der Waals surface area contributed by atoms with Crippen LogP contribution in [0, 0.1) is 12.3 Å². The highest BCUT2D eigenvalue weighted by Crippen LogP contribution is 2.66. The maximum Gasteiger partial charge on any atom is 0.490 e. The molecule has 31 heavy (non-hydrogen) atoms. The number of hydrogen-bond acceptors (Lipinski definition) is 12. The smallest absolute Gasteiger partial charge is 0.386 e. The summed E-state index contributed by atoms with van der Waals surface area (Å²) in [5, 5.41) is 20.7. The van der Waals surface area contributed by atoms with Gasteiger partial charge in [-0.3, -0.25) is 14.1 Å². The molecule has 0 aromatic carbocycles. The van der Waals surface area contributed by atoms with Crippen molar-refractivity contribution in [3.63, 3.8) is 0 Å². The summed E-state index contributed by atoms with van der Waals surface area (Å²) >= 11 is 0. The Balaban J connectivity index is 2.19. The fourth-order valence-electron chi connectivity index (χ4n) is 2.33. The number of nitrogens with one attached hydrogen (secondary N) is 1. The van der Waals surface area contributed by atoms with E-state index in [1.165, 1.54) is 0 Å². The number of hydrogen-bond donors (Lipinski definition) is 7. The summed E-state index contributed by atoms with van der Waals surface area (Å²) in [6, 6.07) is 0. The minimum absolute atomic E-state index is 0.495. The molecule has 0 aliphatic carbocycles. The zero-order valence-electron chi connectivity index (χ0n) is 14.7. The average molecular weight is 509 g/mol. The quantitative estimate of drug-likeness (QED) is 0.135. The third-order valence-corrected chi connectivity index (χ3v) is 7.34. The Morgan fingerprint density at radius 2 is 1.84 bits per heavy atom. The van der Waals surface area contributed by atoms with Gasteiger partial charge in [0, 0.05) is 0 Å². The van der Waals surface area contributed by atoms with Crippen LogP contribution in [0.3, 0.4) is 0 Å². The zero-order chi connectivity index (χ0) is 23.8. The van der Waals surface area contributed by atoms with Gasteiger partial charge in [-0.1, -0.05) is 5.92 Å². The van der Waals surface area contributed by atoms with Crippen LogP contribution in [0.15, 0.2) is 15.9 Å². The average Bonchev–Trinajstić information content (AvgIpc) is 2.82. The number of aliphatic hydroxyl groups is 2. The van der Waals surface area contributed by atoms with Gasteiger partial charge < -0.3 is 34.5 Å². The number of nitrogens with zero attached hydrogens (tertiary/aromatic N) is 2. The Hall–Kier alpha value is -1.54. The van der Waals surface area contributed by atoms with Gasteiger partial charge in [0.05, 0.1) is 6.61 Å². The SMILES string of the molecule is C#CC1(O)[C@@H](O)[C@@H](COP(=O)(O)OP(=O)(O)OP(=O)(O)O)O[C@H]1n1cnc(=O)[nH]c1=O. The lowest BCUT2D eigenvalue weighted by Crippen LogP contribution is -2.48. The highest BCUT2D eigenvalue weighted by molar-refractivity contribution is 7.66. The van der Waals surface area contributed by atoms with E-state index in [2.05, 4.69) is 18.1 Å². The van der Waals surface area contributed by atoms with Gasteiger partial charge in [0.1, 0.15) is 18.5 Å². The Kier molecular flexibility index (Phi) is 7.28. The fourth-order valence-corrected chi connectivity index (χ4v) is 5.36. The van der Waals surface area contributed by atoms with Crippen LogP contribution >= 0.6 is 23.5 Å². The monoisotopic (exact) mass is 509 g/mol. The second kappa shape index (κ2) is 8.77. The molecule has 3 unspecified atom stereocenters. The number of aliphatic hydroxyl groups excluding tert-OH is 1. The van der Waals surface area contributed by atoms with Crippen molar-refractivity contribution in [2.75, 3.05) is 6.61 Å². The van der Waals surface area contributed by atoms with Gasteiger partial charge in [0.15, 0.2) is 11.8 Å². The molecule has 0 amide bonds. The third-order valence-electron chi connectivity index (χ3n) is 3.53. The van der Waals surface area contributed by atoms with Crippen molar-refractivity contribution in [1.29, 1.82) is 0 Å². The molecule has 6 atom stereocenters. The predicted molar refractivity (Wildman–Crippen MR) is 92.6 cm³/mol. The lowest BCUT2D eigenvalue weighted by molar-refractivity contribution is -0.0767. The van der Waals surface area contributed by atoms with Crippen molar-refractivity contribution < 1.29 is 61.4 Å². The van der Waals surface area contributed by atoms with Gasteiger partial charge in [0.2, 0.25) is 0 Å². The molecule has 7 N–H and O–H groups in total. The van der Waals surface area contributed by atoms with Crippen LogP contribution in [0.2, 0.25) is 0 Å². The van der Waals surface area contributed by atoms with E-state index in [0.29, 0.717) is 10.9 Å². The van der Waals surface area contributed by atoms with Crippen molar-refractivity contribution in [2.24, 2.45) is 0 Å². The van der Waals surface area contributed by atoms with E-state index in [0.717, 1.165) is 0 Å². The Morgan fingerprint density at radius 1 is 1.23 bits per heavy atom. The first kappa shape index (κ1) is 25.7. The largest absolute Gasteiger partial charge is 0.490 e. The number of H-pyrrole nitrogens is 1. The van der Waals surface area contributed by atoms with Gasteiger partial charge >= 0.3 is 34.8 Å². The number of rotatable bonds is 8. The van der Waals surface area contributed by atoms with Gasteiger partial charge in [-0.15, -0.1) is 6.42 Å². The van der Waals surface area contributed by atoms with E-state index in [-0.39, 0.29) is 0 Å². The maximum absolute atomic E-state index is 11.9. The van der Waals surface area contributed by atoms with E-state index >= 15 is 0 Å². The fraction of sp³-hybridized carbons (Fsp3) is 0.500. The van der Waals surface area contributed by atoms with Gasteiger partial charge in [-0.2, -0.15) is 13.6 Å². The van der Waals surface area contributed by atoms with Crippen molar-refractivity contribution >= 4 is 23.5 Å². The van der Waals surface area contributed by atoms with E-state index in [1.807, 2.05) is 0 Å². The molecule has 0 saturated carbocycles. The second-order valence-corrected chi connectivity index (χ2v) is 10.1. The van der Waals surface area contributed by atoms with Gasteiger partial charge in [0.25, 0.3) is 0 Å². The molecular formula is C10H14N3O15P3. The molecule has 174 valence electrons. The number of ether oxygens (including phenoxy) is 1. The summed E-state index contributed by atoms with van der Waals surface area (Å²) in [5.74, 6) is 1.76. The molecular weight excluding hydrogens is 495 g/mol. The first-order valence-electron chi connectivity index (χ1n) is 7.49. The van der Waals surface area contributed by atoms with Crippen molar-refractivity contribution in [3.05, 3.63) is 27.3 Å². The molecule has 1 fully saturated rings. The minimum Gasteiger partial charge on any atom is -0.386 e. The molecule has 0 radical (unpaired) electrons. The number of phosphoric ester groups is 1. The highest BCUT2D eigenvalue weighted by Gasteiger charge is 2.56. The summed E-state index contributed by atoms with van der Waals surface area (Å²) in [7, 11) is -17.0. The Bertz CT molecular complexity index is 1130. The molecule has 1 saturated heterocycles. The van der Waals surface area contributed by atoms with E-state index < -0.39 is 65.5 Å². The lowest BCUT2D eigenvalue weighted by Gasteiger charge is -2.25. The molecule has 1 aliphatic rings. The molecule has 2 heterocycles. The summed E-state index contributed by atoms with van der Waals surface area (Å²) in [4.78, 5) is 63.3. The van der Waals surface area contributed by atoms with E-state index in [1.54, 1.807) is 10.9 Å². The standard InChI is InChI=1S/C10H14N3O15P3/c1-2-10(17)6(14)5(26-7(10)13-4-11-8(15)12-9(13)16)3-25-30(21,22)28-31(23,24)27-29(18,19)20/h1,4-7,14,17H,3H2,(H,21,22)(H,23,24)(H,12,15,16)(H2,18,19,20)/t5-,6+,7-,10?/m1/s1. The van der Waals surface area contributed by atoms with Crippen LogP contribution in [0.4, 0.5) is 0 Å². The Labute approximate surface area is 170 Å². The summed E-state index contributed by atoms with van der Waals surface area (Å²) < 4.78 is 50.6. The van der Waals surface area contributed by atoms with Crippen LogP contribution in [0.5, 0.6) is 0 Å². The van der Waals surface area contributed by atoms with E-state index in [4.69, 9.17) is 25.8 Å². The van der Waals surface area contributed by atoms with Crippen LogP contribution in [0.1, 0.15) is 6.23 Å². The topological polar surface area (TPSA) is 277 Å². The Morgan fingerprint density at radius 3 is 2.35 bits per heavy atom. The van der Waals surface area contributed by atoms with Crippen molar-refractivity contribution in [3.8, 4) is 12.3 Å². The van der Waals surface area contributed by atoms with E-state index in [9.17, 15) is 38.4 Å². The van der Waals surface area contributed by atoms with Crippen molar-refractivity contribution in [1.82, 2.24) is 14.5 Å². The lowest BCUT2D eigenvalue weighted by atomic mass is 9.95. The van der Waals surface area contributed by atoms with Crippen LogP contribution in [-0.4, -0.2) is 68.7 Å². The van der Waals surface area contributed by atoms with Crippen LogP contribution in [-0.2, 0) is 31.6 Å². The zero-order valence-corrected chi connectivity index (χ0v) is 17.4. The number of phosphoric acid groups is 3. The normalized spacial score (nSPS) is 30.3. The number of aromatic amines is 1. The first-order valence-corrected chi connectivity index (χ1v) is 12.0. The molecule has 0 bridgehead atoms. The minimum atomic E-state index is -5.79. The first-order chi connectivity index (χ1) is 14.0. The van der Waals surface area contributed by atoms with Crippen LogP contribution in [0.25, 0.3) is 0 Å². The third kappa shape index (κ3) is 6.25. The van der Waals surface area contributed by atoms with Gasteiger partial charge in [-0.05, 0) is 0 Å². The molecule has 2 rings (SSSR count). The highest BCUT2D eigenvalue weighted by atomic mass is 31.3. The van der Waals surface area contributed by atoms with Gasteiger partial charge in [-0.25, -0.2) is 23.3 Å². The van der Waals surface area contributed by atoms with Crippen molar-refractivity contribution in [2.45, 2.75) is 24.0 Å². The second-order valence-electron chi connectivity index (χ2n) is 5.72. The molecule has 21 heteroatoms. The maximum atomic E-state index is 11.9. The molecule has 1 aromatic heterocycles. The summed E-state index contributed by atoms with van der Waals surface area (Å²) in [6.45, 7) is -1.17. The molecule has 1 aliphatic heterocycles. The summed E-state index contributed by atoms with van der Waals surface area (Å²) in [5.41, 5.74) is -4.85. The summed E-state index contributed by atoms with van der Waals surface area (Å²) in [6.07, 6.45) is 0.0712. The molecule has 0 spiro atoms. The number of terminal acetylenes is 1. The molecule has 18 nitrogen and oxygen atoms in total. The molecule has 1 aromatic rings. The predicted octanol–water partition coefficient (Wildman–Crippen LogP) is -3.10. The van der Waals surface area contributed by atoms with Crippen LogP contribution < -0.4 is 11.4 Å².